The highest BCUT2D eigenvalue weighted by Crippen LogP contribution is 2.44. The maximum Gasteiger partial charge on any atom is 0.426 e. The Morgan fingerprint density at radius 1 is 0.969 bits per heavy atom. The van der Waals surface area contributed by atoms with E-state index in [-0.39, 0.29) is 29.5 Å². The number of fused-ring (bicyclic) bond motifs is 3. The number of hydrazine groups is 1. The van der Waals surface area contributed by atoms with Crippen molar-refractivity contribution in [2.24, 2.45) is 0 Å². The number of hydrogen-bond acceptors (Lipinski definition) is 6. The Hall–Kier alpha value is -4.40. The van der Waals surface area contributed by atoms with Gasteiger partial charge in [-0.1, -0.05) is 48.5 Å². The summed E-state index contributed by atoms with van der Waals surface area (Å²) >= 11 is 0. The highest BCUT2D eigenvalue weighted by Gasteiger charge is 2.29. The minimum absolute atomic E-state index is 0.0792. The predicted molar refractivity (Wildman–Crippen MR) is 115 cm³/mol. The molecule has 0 fully saturated rings. The average Bonchev–Trinajstić information content (AvgIpc) is 3.14. The average molecular weight is 433 g/mol. The highest BCUT2D eigenvalue weighted by molar-refractivity contribution is 5.98. The zero-order valence-electron chi connectivity index (χ0n) is 17.0. The van der Waals surface area contributed by atoms with Crippen molar-refractivity contribution < 1.29 is 24.0 Å². The number of nitro groups is 1. The van der Waals surface area contributed by atoms with E-state index in [1.165, 1.54) is 19.2 Å². The van der Waals surface area contributed by atoms with Crippen LogP contribution in [0.3, 0.4) is 0 Å². The smallest absolute Gasteiger partial charge is 0.426 e. The van der Waals surface area contributed by atoms with E-state index in [4.69, 9.17) is 9.47 Å². The zero-order chi connectivity index (χ0) is 22.7. The molecule has 9 nitrogen and oxygen atoms in total. The fourth-order valence-electron chi connectivity index (χ4n) is 3.80. The van der Waals surface area contributed by atoms with Crippen LogP contribution in [-0.4, -0.2) is 30.6 Å². The first kappa shape index (κ1) is 20.9. The molecule has 0 aromatic heterocycles. The van der Waals surface area contributed by atoms with Crippen LogP contribution in [0.15, 0.2) is 66.7 Å². The third-order valence-electron chi connectivity index (χ3n) is 5.26. The van der Waals surface area contributed by atoms with Gasteiger partial charge in [-0.3, -0.25) is 20.3 Å². The molecule has 0 bridgehead atoms. The maximum atomic E-state index is 12.4. The van der Waals surface area contributed by atoms with E-state index in [0.717, 1.165) is 28.3 Å². The number of nitro benzene ring substituents is 1. The van der Waals surface area contributed by atoms with E-state index < -0.39 is 16.9 Å². The Morgan fingerprint density at radius 3 is 2.19 bits per heavy atom. The number of methoxy groups -OCH3 is 1. The van der Waals surface area contributed by atoms with Crippen LogP contribution in [0.1, 0.15) is 27.4 Å². The number of benzene rings is 3. The molecular formula is C23H19N3O6. The number of ether oxygens (including phenoxy) is 2. The summed E-state index contributed by atoms with van der Waals surface area (Å²) in [5.41, 5.74) is 8.30. The minimum atomic E-state index is -0.857. The first-order chi connectivity index (χ1) is 15.5. The second-order valence-electron chi connectivity index (χ2n) is 7.05. The van der Waals surface area contributed by atoms with E-state index in [0.29, 0.717) is 0 Å². The number of non-ortho nitro benzene ring substituents is 1. The van der Waals surface area contributed by atoms with Gasteiger partial charge in [-0.2, -0.15) is 0 Å². The van der Waals surface area contributed by atoms with Gasteiger partial charge >= 0.3 is 6.09 Å². The Morgan fingerprint density at radius 2 is 1.59 bits per heavy atom. The lowest BCUT2D eigenvalue weighted by Gasteiger charge is -2.15. The summed E-state index contributed by atoms with van der Waals surface area (Å²) in [6.45, 7) is 0.0792. The minimum Gasteiger partial charge on any atom is -0.496 e. The van der Waals surface area contributed by atoms with Crippen molar-refractivity contribution in [1.29, 1.82) is 0 Å². The summed E-state index contributed by atoms with van der Waals surface area (Å²) in [7, 11) is 1.33. The zero-order valence-corrected chi connectivity index (χ0v) is 17.0. The van der Waals surface area contributed by atoms with Crippen molar-refractivity contribution in [3.63, 3.8) is 0 Å². The number of hydrogen-bond donors (Lipinski definition) is 2. The number of nitrogens with one attached hydrogen (secondary N) is 2. The van der Waals surface area contributed by atoms with Crippen molar-refractivity contribution in [3.05, 3.63) is 93.5 Å². The normalized spacial score (nSPS) is 11.8. The Labute approximate surface area is 183 Å². The standard InChI is InChI=1S/C23H19N3O6/c1-31-21-11-10-14(26(29)30)12-19(21)22(27)24-25-23(28)32-13-20-17-8-4-2-6-15(17)16-7-3-5-9-18(16)20/h2-12,20H,13H2,1H3,(H,24,27)(H,25,28). The highest BCUT2D eigenvalue weighted by atomic mass is 16.6. The monoisotopic (exact) mass is 433 g/mol. The van der Waals surface area contributed by atoms with Crippen LogP contribution in [0.2, 0.25) is 0 Å². The number of rotatable bonds is 5. The van der Waals surface area contributed by atoms with Crippen LogP contribution < -0.4 is 15.6 Å². The van der Waals surface area contributed by atoms with Gasteiger partial charge in [0.25, 0.3) is 11.6 Å². The third-order valence-corrected chi connectivity index (χ3v) is 5.26. The van der Waals surface area contributed by atoms with E-state index in [9.17, 15) is 19.7 Å². The molecule has 0 unspecified atom stereocenters. The van der Waals surface area contributed by atoms with Crippen LogP contribution in [0, 0.1) is 10.1 Å². The Bertz CT molecular complexity index is 1160. The number of carbonyl (C=O) groups excluding carboxylic acids is 2. The molecule has 32 heavy (non-hydrogen) atoms. The maximum absolute atomic E-state index is 12.4. The summed E-state index contributed by atoms with van der Waals surface area (Å²) in [4.78, 5) is 35.0. The van der Waals surface area contributed by atoms with E-state index >= 15 is 0 Å². The van der Waals surface area contributed by atoms with E-state index in [2.05, 4.69) is 10.9 Å². The first-order valence-electron chi connectivity index (χ1n) is 9.73. The summed E-state index contributed by atoms with van der Waals surface area (Å²) in [5.74, 6) is -0.776. The largest absolute Gasteiger partial charge is 0.496 e. The number of amides is 2. The summed E-state index contributed by atoms with van der Waals surface area (Å²) in [6.07, 6.45) is -0.857. The Kier molecular flexibility index (Phi) is 5.71. The first-order valence-corrected chi connectivity index (χ1v) is 9.73. The van der Waals surface area contributed by atoms with Crippen LogP contribution in [-0.2, 0) is 4.74 Å². The molecule has 3 aromatic rings. The van der Waals surface area contributed by atoms with Crippen molar-refractivity contribution in [2.75, 3.05) is 13.7 Å². The molecule has 9 heteroatoms. The van der Waals surface area contributed by atoms with Crippen LogP contribution >= 0.6 is 0 Å². The van der Waals surface area contributed by atoms with Gasteiger partial charge < -0.3 is 9.47 Å². The van der Waals surface area contributed by atoms with Crippen molar-refractivity contribution in [3.8, 4) is 16.9 Å². The molecule has 3 aromatic carbocycles. The van der Waals surface area contributed by atoms with E-state index in [1.807, 2.05) is 48.5 Å². The van der Waals surface area contributed by atoms with Gasteiger partial charge in [-0.15, -0.1) is 0 Å². The second kappa shape index (κ2) is 8.76. The van der Waals surface area contributed by atoms with Crippen molar-refractivity contribution in [1.82, 2.24) is 10.9 Å². The van der Waals surface area contributed by atoms with Crippen LogP contribution in [0.25, 0.3) is 11.1 Å². The topological polar surface area (TPSA) is 120 Å². The second-order valence-corrected chi connectivity index (χ2v) is 7.05. The van der Waals surface area contributed by atoms with Crippen LogP contribution in [0.5, 0.6) is 5.75 Å². The molecule has 0 aliphatic heterocycles. The Balaban J connectivity index is 1.40. The number of carbonyl (C=O) groups is 2. The van der Waals surface area contributed by atoms with Gasteiger partial charge in [0.2, 0.25) is 0 Å². The fourth-order valence-corrected chi connectivity index (χ4v) is 3.80. The molecule has 2 N–H and O–H groups in total. The van der Waals surface area contributed by atoms with E-state index in [1.54, 1.807) is 0 Å². The lowest BCUT2D eigenvalue weighted by molar-refractivity contribution is -0.384. The molecule has 0 radical (unpaired) electrons. The van der Waals surface area contributed by atoms with Crippen LogP contribution in [0.4, 0.5) is 10.5 Å². The van der Waals surface area contributed by atoms with Gasteiger partial charge in [0.05, 0.1) is 17.6 Å². The summed E-state index contributed by atoms with van der Waals surface area (Å²) in [6, 6.07) is 19.4. The van der Waals surface area contributed by atoms with Gasteiger partial charge in [0.15, 0.2) is 0 Å². The van der Waals surface area contributed by atoms with Crippen molar-refractivity contribution in [2.45, 2.75) is 5.92 Å². The SMILES string of the molecule is COc1ccc([N+](=O)[O-])cc1C(=O)NNC(=O)OCC1c2ccccc2-c2ccccc21. The molecule has 0 spiro atoms. The molecule has 4 rings (SSSR count). The molecule has 0 atom stereocenters. The van der Waals surface area contributed by atoms with Gasteiger partial charge in [0.1, 0.15) is 12.4 Å². The molecule has 0 saturated heterocycles. The quantitative estimate of drug-likeness (QED) is 0.467. The molecule has 162 valence electrons. The van der Waals surface area contributed by atoms with Gasteiger partial charge in [-0.05, 0) is 28.3 Å². The summed E-state index contributed by atoms with van der Waals surface area (Å²) in [5, 5.41) is 11.0. The van der Waals surface area contributed by atoms with Gasteiger partial charge in [-0.25, -0.2) is 10.2 Å². The third kappa shape index (κ3) is 3.95. The molecule has 0 saturated carbocycles. The van der Waals surface area contributed by atoms with Crippen molar-refractivity contribution >= 4 is 17.7 Å². The molecule has 0 heterocycles. The molecule has 2 amide bonds. The predicted octanol–water partition coefficient (Wildman–Crippen LogP) is 3.79. The lowest BCUT2D eigenvalue weighted by atomic mass is 9.98. The molecule has 1 aliphatic carbocycles. The fraction of sp³-hybridized carbons (Fsp3) is 0.130. The molecule has 1 aliphatic rings. The lowest BCUT2D eigenvalue weighted by Crippen LogP contribution is -2.42. The number of nitrogens with zero attached hydrogens (tertiary/aromatic N) is 1. The molecular weight excluding hydrogens is 414 g/mol. The van der Waals surface area contributed by atoms with Gasteiger partial charge in [0, 0.05) is 18.1 Å². The summed E-state index contributed by atoms with van der Waals surface area (Å²) < 4.78 is 10.4.